The van der Waals surface area contributed by atoms with Crippen LogP contribution in [0.25, 0.3) is 0 Å². The summed E-state index contributed by atoms with van der Waals surface area (Å²) in [4.78, 5) is 19.5. The van der Waals surface area contributed by atoms with E-state index in [2.05, 4.69) is 5.32 Å². The number of fused-ring (bicyclic) bond motifs is 1. The van der Waals surface area contributed by atoms with E-state index >= 15 is 0 Å². The maximum absolute atomic E-state index is 12.6. The van der Waals surface area contributed by atoms with E-state index in [-0.39, 0.29) is 10.8 Å². The van der Waals surface area contributed by atoms with Crippen LogP contribution >= 0.6 is 11.3 Å². The molecule has 1 heterocycles. The molecule has 3 rings (SSSR count). The number of rotatable bonds is 5. The highest BCUT2D eigenvalue weighted by molar-refractivity contribution is 7.89. The second-order valence-electron chi connectivity index (χ2n) is 6.55. The van der Waals surface area contributed by atoms with Crippen molar-refractivity contribution < 1.29 is 18.0 Å². The molecular formula is C19H24N2O4S2. The number of hydrogen-bond donors (Lipinski definition) is 1. The minimum atomic E-state index is -3.70. The normalized spacial score (nSPS) is 15.1. The Balaban J connectivity index is 1.72. The van der Waals surface area contributed by atoms with E-state index in [1.807, 2.05) is 6.07 Å². The molecule has 0 atom stereocenters. The van der Waals surface area contributed by atoms with Gasteiger partial charge in [0, 0.05) is 17.6 Å². The highest BCUT2D eigenvalue weighted by Gasteiger charge is 2.21. The number of amides is 1. The van der Waals surface area contributed by atoms with Gasteiger partial charge >= 0.3 is 0 Å². The summed E-state index contributed by atoms with van der Waals surface area (Å²) in [5.74, 6) is -0.156. The summed E-state index contributed by atoms with van der Waals surface area (Å²) < 4.78 is 25.2. The van der Waals surface area contributed by atoms with Gasteiger partial charge < -0.3 is 5.32 Å². The number of hydrogen-bond acceptors (Lipinski definition) is 5. The lowest BCUT2D eigenvalue weighted by molar-refractivity contribution is -0.0258. The van der Waals surface area contributed by atoms with Crippen LogP contribution in [0.15, 0.2) is 35.2 Å². The molecule has 1 aromatic heterocycles. The van der Waals surface area contributed by atoms with Crippen molar-refractivity contribution in [1.29, 1.82) is 0 Å². The SMILES string of the molecule is CON(C)S(=O)(=O)c1ccc(NC(=O)c2cc3c(s2)CCCCCC3)cc1. The standard InChI is InChI=1S/C19H24N2O4S2/c1-21(25-2)27(23,24)16-11-9-15(10-12-16)20-19(22)18-13-14-7-5-3-4-6-8-17(14)26-18/h9-13H,3-8H2,1-2H3,(H,20,22). The molecule has 146 valence electrons. The Bertz CT molecular complexity index is 879. The maximum atomic E-state index is 12.6. The van der Waals surface area contributed by atoms with Crippen molar-refractivity contribution in [1.82, 2.24) is 4.47 Å². The fourth-order valence-electron chi connectivity index (χ4n) is 3.11. The summed E-state index contributed by atoms with van der Waals surface area (Å²) in [5, 5.41) is 2.85. The van der Waals surface area contributed by atoms with Gasteiger partial charge in [0.1, 0.15) is 0 Å². The van der Waals surface area contributed by atoms with Gasteiger partial charge in [0.2, 0.25) is 0 Å². The lowest BCUT2D eigenvalue weighted by atomic mass is 10.00. The first-order chi connectivity index (χ1) is 12.9. The molecule has 1 aliphatic carbocycles. The first kappa shape index (κ1) is 20.0. The van der Waals surface area contributed by atoms with Gasteiger partial charge in [-0.1, -0.05) is 17.3 Å². The van der Waals surface area contributed by atoms with E-state index in [4.69, 9.17) is 4.84 Å². The number of carbonyl (C=O) groups is 1. The van der Waals surface area contributed by atoms with Crippen molar-refractivity contribution in [3.63, 3.8) is 0 Å². The second kappa shape index (κ2) is 8.52. The van der Waals surface area contributed by atoms with Crippen molar-refractivity contribution in [2.24, 2.45) is 0 Å². The number of sulfonamides is 1. The van der Waals surface area contributed by atoms with Gasteiger partial charge in [-0.25, -0.2) is 8.42 Å². The fourth-order valence-corrected chi connectivity index (χ4v) is 5.23. The van der Waals surface area contributed by atoms with Gasteiger partial charge in [0.25, 0.3) is 15.9 Å². The number of thiophene rings is 1. The monoisotopic (exact) mass is 408 g/mol. The molecule has 6 nitrogen and oxygen atoms in total. The molecule has 8 heteroatoms. The summed E-state index contributed by atoms with van der Waals surface area (Å²) in [6.45, 7) is 0. The van der Waals surface area contributed by atoms with Crippen molar-refractivity contribution in [2.45, 2.75) is 43.4 Å². The first-order valence-corrected chi connectivity index (χ1v) is 11.2. The topological polar surface area (TPSA) is 75.7 Å². The molecule has 0 saturated heterocycles. The quantitative estimate of drug-likeness (QED) is 0.763. The van der Waals surface area contributed by atoms with Crippen LogP contribution in [0, 0.1) is 0 Å². The Morgan fingerprint density at radius 2 is 1.78 bits per heavy atom. The van der Waals surface area contributed by atoms with Crippen LogP contribution in [-0.2, 0) is 27.7 Å². The smallest absolute Gasteiger partial charge is 0.265 e. The molecular weight excluding hydrogens is 384 g/mol. The molecule has 0 saturated carbocycles. The lowest BCUT2D eigenvalue weighted by Crippen LogP contribution is -2.25. The Morgan fingerprint density at radius 3 is 2.44 bits per heavy atom. The number of aryl methyl sites for hydroxylation is 2. The Labute approximate surface area is 164 Å². The second-order valence-corrected chi connectivity index (χ2v) is 9.62. The van der Waals surface area contributed by atoms with Gasteiger partial charge in [0.05, 0.1) is 16.9 Å². The van der Waals surface area contributed by atoms with E-state index in [0.717, 1.165) is 17.3 Å². The highest BCUT2D eigenvalue weighted by atomic mass is 32.2. The summed E-state index contributed by atoms with van der Waals surface area (Å²) in [5.41, 5.74) is 1.86. The van der Waals surface area contributed by atoms with E-state index in [1.54, 1.807) is 23.5 Å². The third kappa shape index (κ3) is 4.57. The number of nitrogens with zero attached hydrogens (tertiary/aromatic N) is 1. The van der Waals surface area contributed by atoms with Crippen LogP contribution < -0.4 is 5.32 Å². The third-order valence-electron chi connectivity index (χ3n) is 4.73. The molecule has 2 aromatic rings. The molecule has 0 fully saturated rings. The molecule has 0 radical (unpaired) electrons. The number of nitrogens with one attached hydrogen (secondary N) is 1. The summed E-state index contributed by atoms with van der Waals surface area (Å²) >= 11 is 1.57. The Hall–Kier alpha value is -1.74. The van der Waals surface area contributed by atoms with E-state index in [1.165, 1.54) is 62.4 Å². The molecule has 27 heavy (non-hydrogen) atoms. The molecule has 0 aliphatic heterocycles. The molecule has 1 amide bonds. The van der Waals surface area contributed by atoms with Crippen LogP contribution in [0.1, 0.15) is 45.8 Å². The molecule has 0 unspecified atom stereocenters. The van der Waals surface area contributed by atoms with Crippen molar-refractivity contribution in [2.75, 3.05) is 19.5 Å². The average molecular weight is 409 g/mol. The largest absolute Gasteiger partial charge is 0.321 e. The van der Waals surface area contributed by atoms with Gasteiger partial charge in [-0.2, -0.15) is 0 Å². The predicted molar refractivity (Wildman–Crippen MR) is 107 cm³/mol. The molecule has 1 N–H and O–H groups in total. The minimum Gasteiger partial charge on any atom is -0.321 e. The molecule has 1 aromatic carbocycles. The lowest BCUT2D eigenvalue weighted by Gasteiger charge is -2.14. The predicted octanol–water partition coefficient (Wildman–Crippen LogP) is 3.84. The van der Waals surface area contributed by atoms with Gasteiger partial charge in [-0.05, 0) is 61.6 Å². The number of anilines is 1. The zero-order valence-electron chi connectivity index (χ0n) is 15.5. The minimum absolute atomic E-state index is 0.101. The summed E-state index contributed by atoms with van der Waals surface area (Å²) in [6.07, 6.45) is 6.96. The van der Waals surface area contributed by atoms with Gasteiger partial charge in [-0.15, -0.1) is 11.3 Å². The zero-order chi connectivity index (χ0) is 19.4. The molecule has 0 spiro atoms. The maximum Gasteiger partial charge on any atom is 0.265 e. The highest BCUT2D eigenvalue weighted by Crippen LogP contribution is 2.29. The van der Waals surface area contributed by atoms with Crippen LogP contribution in [-0.4, -0.2) is 33.0 Å². The molecule has 0 bridgehead atoms. The van der Waals surface area contributed by atoms with E-state index < -0.39 is 10.0 Å². The van der Waals surface area contributed by atoms with Crippen molar-refractivity contribution in [3.05, 3.63) is 45.6 Å². The van der Waals surface area contributed by atoms with Gasteiger partial charge in [0.15, 0.2) is 0 Å². The Kier molecular flexibility index (Phi) is 6.31. The summed E-state index contributed by atoms with van der Waals surface area (Å²) in [6, 6.07) is 8.07. The molecule has 1 aliphatic rings. The fraction of sp³-hybridized carbons (Fsp3) is 0.421. The van der Waals surface area contributed by atoms with E-state index in [9.17, 15) is 13.2 Å². The van der Waals surface area contributed by atoms with Crippen molar-refractivity contribution in [3.8, 4) is 0 Å². The van der Waals surface area contributed by atoms with Crippen LogP contribution in [0.4, 0.5) is 5.69 Å². The zero-order valence-corrected chi connectivity index (χ0v) is 17.2. The summed E-state index contributed by atoms with van der Waals surface area (Å²) in [7, 11) is -1.08. The number of benzene rings is 1. The number of hydroxylamine groups is 1. The van der Waals surface area contributed by atoms with Crippen LogP contribution in [0.2, 0.25) is 0 Å². The van der Waals surface area contributed by atoms with Crippen molar-refractivity contribution >= 4 is 33.0 Å². The number of carbonyl (C=O) groups excluding carboxylic acids is 1. The average Bonchev–Trinajstić information content (AvgIpc) is 3.03. The first-order valence-electron chi connectivity index (χ1n) is 8.98. The Morgan fingerprint density at radius 1 is 1.11 bits per heavy atom. The third-order valence-corrected chi connectivity index (χ3v) is 7.66. The van der Waals surface area contributed by atoms with Crippen LogP contribution in [0.5, 0.6) is 0 Å². The van der Waals surface area contributed by atoms with E-state index in [0.29, 0.717) is 10.6 Å². The van der Waals surface area contributed by atoms with Crippen LogP contribution in [0.3, 0.4) is 0 Å². The van der Waals surface area contributed by atoms with Gasteiger partial charge in [-0.3, -0.25) is 9.63 Å².